The highest BCUT2D eigenvalue weighted by molar-refractivity contribution is 6.05. The van der Waals surface area contributed by atoms with Gasteiger partial charge in [-0.15, -0.1) is 0 Å². The van der Waals surface area contributed by atoms with Crippen molar-refractivity contribution in [2.24, 2.45) is 0 Å². The van der Waals surface area contributed by atoms with Crippen molar-refractivity contribution in [2.75, 3.05) is 13.1 Å². The summed E-state index contributed by atoms with van der Waals surface area (Å²) >= 11 is 0. The number of rotatable bonds is 4. The maximum absolute atomic E-state index is 13.9. The van der Waals surface area contributed by atoms with E-state index >= 15 is 0 Å². The molecule has 1 unspecified atom stereocenters. The van der Waals surface area contributed by atoms with Gasteiger partial charge in [-0.25, -0.2) is 4.39 Å². The molecule has 1 N–H and O–H groups in total. The molecule has 3 amide bonds. The molecular formula is C26H28FN3O3. The highest BCUT2D eigenvalue weighted by Crippen LogP contribution is 2.34. The molecule has 2 fully saturated rings. The minimum absolute atomic E-state index is 0.133. The van der Waals surface area contributed by atoms with Crippen LogP contribution >= 0.6 is 0 Å². The topological polar surface area (TPSA) is 69.7 Å². The van der Waals surface area contributed by atoms with Gasteiger partial charge in [0.1, 0.15) is 11.9 Å². The molecule has 2 aromatic carbocycles. The number of carbonyl (C=O) groups excluding carboxylic acids is 3. The largest absolute Gasteiger partial charge is 0.322 e. The Kier molecular flexibility index (Phi) is 5.74. The van der Waals surface area contributed by atoms with Crippen LogP contribution in [0.1, 0.15) is 64.2 Å². The van der Waals surface area contributed by atoms with Crippen LogP contribution < -0.4 is 5.32 Å². The van der Waals surface area contributed by atoms with Crippen molar-refractivity contribution in [1.29, 1.82) is 0 Å². The van der Waals surface area contributed by atoms with E-state index in [4.69, 9.17) is 0 Å². The number of piperidine rings is 2. The van der Waals surface area contributed by atoms with Crippen LogP contribution in [0, 0.1) is 12.7 Å². The molecule has 172 valence electrons. The first-order valence-electron chi connectivity index (χ1n) is 11.6. The van der Waals surface area contributed by atoms with E-state index in [1.54, 1.807) is 17.9 Å². The van der Waals surface area contributed by atoms with Crippen LogP contribution in [0.5, 0.6) is 0 Å². The monoisotopic (exact) mass is 449 g/mol. The Labute approximate surface area is 192 Å². The van der Waals surface area contributed by atoms with Gasteiger partial charge in [-0.1, -0.05) is 24.3 Å². The van der Waals surface area contributed by atoms with Gasteiger partial charge in [0.15, 0.2) is 0 Å². The first-order valence-corrected chi connectivity index (χ1v) is 11.6. The van der Waals surface area contributed by atoms with Crippen LogP contribution in [0.3, 0.4) is 0 Å². The Morgan fingerprint density at radius 1 is 1.03 bits per heavy atom. The summed E-state index contributed by atoms with van der Waals surface area (Å²) in [6.45, 7) is 4.83. The zero-order valence-electron chi connectivity index (χ0n) is 18.8. The molecule has 1 atom stereocenters. The maximum Gasteiger partial charge on any atom is 0.255 e. The van der Waals surface area contributed by atoms with Crippen LogP contribution in [0.15, 0.2) is 36.4 Å². The quantitative estimate of drug-likeness (QED) is 0.728. The van der Waals surface area contributed by atoms with Crippen molar-refractivity contribution in [1.82, 2.24) is 15.1 Å². The molecule has 3 aliphatic rings. The number of likely N-dealkylation sites (tertiary alicyclic amines) is 1. The smallest absolute Gasteiger partial charge is 0.255 e. The number of fused-ring (bicyclic) bond motifs is 1. The maximum atomic E-state index is 13.9. The molecule has 0 bridgehead atoms. The third kappa shape index (κ3) is 4.29. The summed E-state index contributed by atoms with van der Waals surface area (Å²) in [5, 5.41) is 2.35. The highest BCUT2D eigenvalue weighted by atomic mass is 19.1. The molecular weight excluding hydrogens is 421 g/mol. The van der Waals surface area contributed by atoms with Gasteiger partial charge in [0.2, 0.25) is 11.8 Å². The number of carbonyl (C=O) groups is 3. The summed E-state index contributed by atoms with van der Waals surface area (Å²) in [6, 6.07) is 10.9. The van der Waals surface area contributed by atoms with Crippen LogP contribution in [-0.4, -0.2) is 46.7 Å². The number of hydrogen-bond donors (Lipinski definition) is 1. The van der Waals surface area contributed by atoms with Gasteiger partial charge in [0.05, 0.1) is 0 Å². The average molecular weight is 450 g/mol. The summed E-state index contributed by atoms with van der Waals surface area (Å²) in [6.07, 6.45) is 2.66. The lowest BCUT2D eigenvalue weighted by molar-refractivity contribution is -0.136. The fourth-order valence-electron chi connectivity index (χ4n) is 5.27. The number of hydrogen-bond acceptors (Lipinski definition) is 4. The van der Waals surface area contributed by atoms with Gasteiger partial charge in [-0.2, -0.15) is 0 Å². The average Bonchev–Trinajstić information content (AvgIpc) is 3.12. The van der Waals surface area contributed by atoms with Gasteiger partial charge in [0.25, 0.3) is 5.91 Å². The number of nitrogens with one attached hydrogen (secondary N) is 1. The Balaban J connectivity index is 1.22. The molecule has 3 aliphatic heterocycles. The Morgan fingerprint density at radius 3 is 2.55 bits per heavy atom. The second-order valence-corrected chi connectivity index (χ2v) is 9.45. The van der Waals surface area contributed by atoms with E-state index in [0.29, 0.717) is 30.0 Å². The van der Waals surface area contributed by atoms with Crippen molar-refractivity contribution >= 4 is 17.7 Å². The van der Waals surface area contributed by atoms with Crippen LogP contribution in [0.2, 0.25) is 0 Å². The summed E-state index contributed by atoms with van der Waals surface area (Å²) in [5.41, 5.74) is 4.51. The van der Waals surface area contributed by atoms with E-state index in [2.05, 4.69) is 16.3 Å². The van der Waals surface area contributed by atoms with Crippen LogP contribution in [0.4, 0.5) is 4.39 Å². The predicted molar refractivity (Wildman–Crippen MR) is 121 cm³/mol. The Bertz CT molecular complexity index is 1120. The number of aryl methyl sites for hydroxylation is 1. The molecule has 5 rings (SSSR count). The minimum atomic E-state index is -0.583. The van der Waals surface area contributed by atoms with Crippen molar-refractivity contribution in [3.8, 4) is 0 Å². The lowest BCUT2D eigenvalue weighted by Crippen LogP contribution is -2.52. The molecule has 0 radical (unpaired) electrons. The van der Waals surface area contributed by atoms with E-state index in [-0.39, 0.29) is 30.0 Å². The Hall–Kier alpha value is -3.06. The SMILES string of the molecule is Cc1ccc(CN2CCC(c3ccc4c(c3)CN(C3CCC(=O)NC3=O)C4=O)CC2)cc1F. The zero-order chi connectivity index (χ0) is 23.1. The van der Waals surface area contributed by atoms with Crippen LogP contribution in [0.25, 0.3) is 0 Å². The normalized spacial score (nSPS) is 21.9. The summed E-state index contributed by atoms with van der Waals surface area (Å²) < 4.78 is 13.9. The number of halogens is 1. The van der Waals surface area contributed by atoms with E-state index in [9.17, 15) is 18.8 Å². The van der Waals surface area contributed by atoms with Gasteiger partial charge in [0, 0.05) is 25.1 Å². The van der Waals surface area contributed by atoms with Gasteiger partial charge >= 0.3 is 0 Å². The molecule has 0 aromatic heterocycles. The first-order chi connectivity index (χ1) is 15.9. The lowest BCUT2D eigenvalue weighted by atomic mass is 9.87. The fourth-order valence-corrected chi connectivity index (χ4v) is 5.27. The number of imide groups is 1. The number of benzene rings is 2. The molecule has 33 heavy (non-hydrogen) atoms. The van der Waals surface area contributed by atoms with Crippen molar-refractivity contribution in [3.05, 3.63) is 70.0 Å². The van der Waals surface area contributed by atoms with Gasteiger partial charge < -0.3 is 4.90 Å². The molecule has 2 saturated heterocycles. The van der Waals surface area contributed by atoms with Crippen LogP contribution in [-0.2, 0) is 22.7 Å². The fraction of sp³-hybridized carbons (Fsp3) is 0.423. The summed E-state index contributed by atoms with van der Waals surface area (Å²) in [7, 11) is 0. The first kappa shape index (κ1) is 21.8. The van der Waals surface area contributed by atoms with Crippen molar-refractivity contribution < 1.29 is 18.8 Å². The minimum Gasteiger partial charge on any atom is -0.322 e. The van der Waals surface area contributed by atoms with E-state index in [0.717, 1.165) is 43.6 Å². The summed E-state index contributed by atoms with van der Waals surface area (Å²) in [4.78, 5) is 40.6. The predicted octanol–water partition coefficient (Wildman–Crippen LogP) is 3.27. The zero-order valence-corrected chi connectivity index (χ0v) is 18.8. The molecule has 7 heteroatoms. The standard InChI is InChI=1S/C26H28FN3O3/c1-16-2-3-17(12-22(16)27)14-29-10-8-18(9-11-29)19-4-5-21-20(13-19)15-30(26(21)33)23-6-7-24(31)28-25(23)32/h2-5,12-13,18,23H,6-11,14-15H2,1H3,(H,28,31,32). The number of nitrogens with zero attached hydrogens (tertiary/aromatic N) is 2. The molecule has 6 nitrogen and oxygen atoms in total. The second kappa shape index (κ2) is 8.71. The molecule has 0 saturated carbocycles. The highest BCUT2D eigenvalue weighted by Gasteiger charge is 2.39. The molecule has 3 heterocycles. The number of amides is 3. The third-order valence-electron chi connectivity index (χ3n) is 7.25. The van der Waals surface area contributed by atoms with E-state index in [1.165, 1.54) is 5.56 Å². The van der Waals surface area contributed by atoms with E-state index < -0.39 is 6.04 Å². The second-order valence-electron chi connectivity index (χ2n) is 9.45. The summed E-state index contributed by atoms with van der Waals surface area (Å²) in [5.74, 6) is -0.524. The van der Waals surface area contributed by atoms with E-state index in [1.807, 2.05) is 24.3 Å². The lowest BCUT2D eigenvalue weighted by Gasteiger charge is -2.32. The van der Waals surface area contributed by atoms with Gasteiger partial charge in [-0.3, -0.25) is 24.6 Å². The Morgan fingerprint density at radius 2 is 1.82 bits per heavy atom. The molecule has 0 aliphatic carbocycles. The van der Waals surface area contributed by atoms with Crippen molar-refractivity contribution in [2.45, 2.75) is 57.7 Å². The van der Waals surface area contributed by atoms with Crippen molar-refractivity contribution in [3.63, 3.8) is 0 Å². The molecule has 2 aromatic rings. The van der Waals surface area contributed by atoms with Gasteiger partial charge in [-0.05, 0) is 79.6 Å². The third-order valence-corrected chi connectivity index (χ3v) is 7.25. The molecule has 0 spiro atoms.